The highest BCUT2D eigenvalue weighted by molar-refractivity contribution is 9.10. The van der Waals surface area contributed by atoms with Crippen molar-refractivity contribution in [1.82, 2.24) is 0 Å². The van der Waals surface area contributed by atoms with Crippen LogP contribution in [0.15, 0.2) is 40.9 Å². The minimum Gasteiger partial charge on any atom is -0.321 e. The monoisotopic (exact) mass is 348 g/mol. The molecule has 2 rings (SSSR count). The highest BCUT2D eigenvalue weighted by Gasteiger charge is 2.14. The van der Waals surface area contributed by atoms with Gasteiger partial charge in [0, 0.05) is 16.6 Å². The van der Waals surface area contributed by atoms with E-state index < -0.39 is 4.92 Å². The van der Waals surface area contributed by atoms with Gasteiger partial charge < -0.3 is 5.32 Å². The quantitative estimate of drug-likeness (QED) is 0.666. The third kappa shape index (κ3) is 3.46. The Morgan fingerprint density at radius 2 is 1.90 bits per heavy atom. The van der Waals surface area contributed by atoms with E-state index in [-0.39, 0.29) is 11.6 Å². The minimum atomic E-state index is -0.488. The lowest BCUT2D eigenvalue weighted by Gasteiger charge is -2.10. The Bertz CT molecular complexity index is 729. The van der Waals surface area contributed by atoms with E-state index >= 15 is 0 Å². The second-order valence-corrected chi connectivity index (χ2v) is 5.55. The Balaban J connectivity index is 2.33. The number of benzene rings is 2. The molecule has 2 aromatic rings. The predicted octanol–water partition coefficient (Wildman–Crippen LogP) is 4.23. The van der Waals surface area contributed by atoms with Gasteiger partial charge in [-0.2, -0.15) is 0 Å². The third-order valence-electron chi connectivity index (χ3n) is 3.05. The molecule has 0 aliphatic heterocycles. The lowest BCUT2D eigenvalue weighted by atomic mass is 10.1. The van der Waals surface area contributed by atoms with Gasteiger partial charge in [-0.05, 0) is 47.5 Å². The number of carbonyl (C=O) groups is 1. The van der Waals surface area contributed by atoms with Crippen LogP contribution >= 0.6 is 15.9 Å². The van der Waals surface area contributed by atoms with Gasteiger partial charge >= 0.3 is 0 Å². The minimum absolute atomic E-state index is 0.0563. The molecule has 0 fully saturated rings. The number of nitro benzene ring substituents is 1. The molecule has 21 heavy (non-hydrogen) atoms. The van der Waals surface area contributed by atoms with Crippen LogP contribution < -0.4 is 5.32 Å². The fraction of sp³-hybridized carbons (Fsp3) is 0.133. The summed E-state index contributed by atoms with van der Waals surface area (Å²) in [5.41, 5.74) is 2.58. The van der Waals surface area contributed by atoms with Gasteiger partial charge in [0.05, 0.1) is 16.2 Å². The Hall–Kier alpha value is -2.21. The molecule has 0 aliphatic rings. The number of anilines is 1. The largest absolute Gasteiger partial charge is 0.321 e. The van der Waals surface area contributed by atoms with Crippen molar-refractivity contribution in [2.24, 2.45) is 0 Å². The van der Waals surface area contributed by atoms with Gasteiger partial charge in [-0.3, -0.25) is 14.9 Å². The zero-order valence-electron chi connectivity index (χ0n) is 11.5. The van der Waals surface area contributed by atoms with Crippen molar-refractivity contribution in [2.45, 2.75) is 13.8 Å². The van der Waals surface area contributed by atoms with Gasteiger partial charge in [-0.1, -0.05) is 17.7 Å². The van der Waals surface area contributed by atoms with Crippen LogP contribution in [0.4, 0.5) is 11.4 Å². The van der Waals surface area contributed by atoms with E-state index in [2.05, 4.69) is 21.2 Å². The number of halogens is 1. The number of nitrogens with zero attached hydrogens (tertiary/aromatic N) is 1. The van der Waals surface area contributed by atoms with Gasteiger partial charge in [0.2, 0.25) is 0 Å². The fourth-order valence-corrected chi connectivity index (χ4v) is 2.29. The van der Waals surface area contributed by atoms with Crippen molar-refractivity contribution in [3.05, 3.63) is 67.7 Å². The molecule has 108 valence electrons. The fourth-order valence-electron chi connectivity index (χ4n) is 1.86. The summed E-state index contributed by atoms with van der Waals surface area (Å²) < 4.78 is 0.675. The van der Waals surface area contributed by atoms with Crippen molar-refractivity contribution in [1.29, 1.82) is 0 Å². The first-order valence-electron chi connectivity index (χ1n) is 6.21. The predicted molar refractivity (Wildman–Crippen MR) is 84.7 cm³/mol. The van der Waals surface area contributed by atoms with Crippen LogP contribution in [0.2, 0.25) is 0 Å². The van der Waals surface area contributed by atoms with E-state index in [1.165, 1.54) is 12.1 Å². The molecule has 0 unspecified atom stereocenters. The lowest BCUT2D eigenvalue weighted by molar-refractivity contribution is -0.384. The summed E-state index contributed by atoms with van der Waals surface area (Å²) in [7, 11) is 0. The highest BCUT2D eigenvalue weighted by atomic mass is 79.9. The molecule has 2 aromatic carbocycles. The van der Waals surface area contributed by atoms with Crippen molar-refractivity contribution < 1.29 is 9.72 Å². The zero-order chi connectivity index (χ0) is 15.6. The number of nitrogens with one attached hydrogen (secondary N) is 1. The van der Waals surface area contributed by atoms with Gasteiger partial charge in [0.15, 0.2) is 0 Å². The topological polar surface area (TPSA) is 72.2 Å². The molecule has 0 aliphatic carbocycles. The molecule has 0 spiro atoms. The number of hydrogen-bond donors (Lipinski definition) is 1. The third-order valence-corrected chi connectivity index (χ3v) is 3.74. The number of aryl methyl sites for hydroxylation is 2. The number of rotatable bonds is 3. The molecule has 1 amide bonds. The van der Waals surface area contributed by atoms with Crippen LogP contribution in [0.3, 0.4) is 0 Å². The Morgan fingerprint density at radius 1 is 1.19 bits per heavy atom. The molecule has 0 atom stereocenters. The van der Waals surface area contributed by atoms with Crippen LogP contribution in [0.25, 0.3) is 0 Å². The second kappa shape index (κ2) is 6.05. The van der Waals surface area contributed by atoms with Crippen molar-refractivity contribution >= 4 is 33.2 Å². The van der Waals surface area contributed by atoms with Crippen LogP contribution in [0, 0.1) is 24.0 Å². The number of nitro groups is 1. The molecular formula is C15H13BrN2O3. The lowest BCUT2D eigenvalue weighted by Crippen LogP contribution is -2.13. The number of carbonyl (C=O) groups excluding carboxylic acids is 1. The summed E-state index contributed by atoms with van der Waals surface area (Å²) in [6.07, 6.45) is 0. The first kappa shape index (κ1) is 15.2. The molecule has 5 nitrogen and oxygen atoms in total. The number of hydrogen-bond acceptors (Lipinski definition) is 3. The maximum Gasteiger partial charge on any atom is 0.271 e. The van der Waals surface area contributed by atoms with Crippen molar-refractivity contribution in [3.8, 4) is 0 Å². The maximum absolute atomic E-state index is 12.3. The number of amides is 1. The van der Waals surface area contributed by atoms with Crippen molar-refractivity contribution in [2.75, 3.05) is 5.32 Å². The van der Waals surface area contributed by atoms with Gasteiger partial charge in [0.25, 0.3) is 11.6 Å². The Kier molecular flexibility index (Phi) is 4.37. The van der Waals surface area contributed by atoms with Gasteiger partial charge in [0.1, 0.15) is 0 Å². The molecule has 6 heteroatoms. The zero-order valence-corrected chi connectivity index (χ0v) is 13.1. The van der Waals surface area contributed by atoms with E-state index in [9.17, 15) is 14.9 Å². The van der Waals surface area contributed by atoms with E-state index in [0.29, 0.717) is 15.7 Å². The average Bonchev–Trinajstić information content (AvgIpc) is 2.43. The molecule has 0 saturated heterocycles. The summed E-state index contributed by atoms with van der Waals surface area (Å²) in [6.45, 7) is 3.67. The Labute approximate surface area is 130 Å². The van der Waals surface area contributed by atoms with Gasteiger partial charge in [-0.25, -0.2) is 0 Å². The molecule has 0 aromatic heterocycles. The van der Waals surface area contributed by atoms with E-state index in [1.54, 1.807) is 25.1 Å². The summed E-state index contributed by atoms with van der Waals surface area (Å²) in [6, 6.07) is 9.82. The highest BCUT2D eigenvalue weighted by Crippen LogP contribution is 2.24. The van der Waals surface area contributed by atoms with E-state index in [0.717, 1.165) is 11.1 Å². The number of non-ortho nitro benzene ring substituents is 1. The maximum atomic E-state index is 12.3. The van der Waals surface area contributed by atoms with Crippen LogP contribution in [-0.2, 0) is 0 Å². The van der Waals surface area contributed by atoms with Gasteiger partial charge in [-0.15, -0.1) is 0 Å². The molecular weight excluding hydrogens is 336 g/mol. The molecule has 0 heterocycles. The molecule has 1 N–H and O–H groups in total. The molecule has 0 radical (unpaired) electrons. The first-order valence-corrected chi connectivity index (χ1v) is 7.00. The molecule has 0 saturated carbocycles. The van der Waals surface area contributed by atoms with Crippen LogP contribution in [0.1, 0.15) is 21.5 Å². The summed E-state index contributed by atoms with van der Waals surface area (Å²) in [4.78, 5) is 22.6. The van der Waals surface area contributed by atoms with E-state index in [1.807, 2.05) is 13.0 Å². The standard InChI is InChI=1S/C15H13BrN2O3/c1-9-3-6-13(16)12(7-9)15(19)17-14-8-11(18(20)21)5-4-10(14)2/h3-8H,1-2H3,(H,17,19). The smallest absolute Gasteiger partial charge is 0.271 e. The second-order valence-electron chi connectivity index (χ2n) is 4.69. The summed E-state index contributed by atoms with van der Waals surface area (Å²) in [5.74, 6) is -0.311. The summed E-state index contributed by atoms with van der Waals surface area (Å²) >= 11 is 3.33. The van der Waals surface area contributed by atoms with E-state index in [4.69, 9.17) is 0 Å². The normalized spacial score (nSPS) is 10.2. The molecule has 0 bridgehead atoms. The Morgan fingerprint density at radius 3 is 2.57 bits per heavy atom. The SMILES string of the molecule is Cc1ccc(Br)c(C(=O)Nc2cc([N+](=O)[O-])ccc2C)c1. The van der Waals surface area contributed by atoms with Crippen LogP contribution in [0.5, 0.6) is 0 Å². The van der Waals surface area contributed by atoms with Crippen molar-refractivity contribution in [3.63, 3.8) is 0 Å². The summed E-state index contributed by atoms with van der Waals surface area (Å²) in [5, 5.41) is 13.5. The van der Waals surface area contributed by atoms with Crippen LogP contribution in [-0.4, -0.2) is 10.8 Å². The average molecular weight is 349 g/mol. The first-order chi connectivity index (χ1) is 9.88.